The molecule has 0 amide bonds. The molecule has 2 aliphatic rings. The van der Waals surface area contributed by atoms with Crippen LogP contribution in [0.4, 0.5) is 0 Å². The lowest BCUT2D eigenvalue weighted by molar-refractivity contribution is -0.672. The molecule has 0 radical (unpaired) electrons. The molecule has 4 rings (SSSR count). The van der Waals surface area contributed by atoms with Crippen molar-refractivity contribution in [1.82, 2.24) is 0 Å². The molecule has 4 heteroatoms. The van der Waals surface area contributed by atoms with Gasteiger partial charge in [0.2, 0.25) is 5.69 Å². The number of hydrogen-bond acceptors (Lipinski definition) is 2. The van der Waals surface area contributed by atoms with E-state index < -0.39 is 9.84 Å². The van der Waals surface area contributed by atoms with E-state index in [1.54, 1.807) is 6.07 Å². The van der Waals surface area contributed by atoms with Crippen LogP contribution in [-0.4, -0.2) is 8.42 Å². The molecule has 84 valence electrons. The summed E-state index contributed by atoms with van der Waals surface area (Å²) in [6.07, 6.45) is 2.01. The lowest BCUT2D eigenvalue weighted by Gasteiger charge is -2.14. The van der Waals surface area contributed by atoms with Crippen LogP contribution in [0.25, 0.3) is 11.3 Å². The highest BCUT2D eigenvalue weighted by Crippen LogP contribution is 2.40. The van der Waals surface area contributed by atoms with Gasteiger partial charge in [0.15, 0.2) is 22.6 Å². The number of hydrogen-bond donors (Lipinski definition) is 0. The number of nitrogens with zero attached hydrogens (tertiary/aromatic N) is 1. The predicted octanol–water partition coefficient (Wildman–Crippen LogP) is 1.29. The van der Waals surface area contributed by atoms with Gasteiger partial charge in [-0.1, -0.05) is 12.1 Å². The molecule has 0 atom stereocenters. The topological polar surface area (TPSA) is 38.0 Å². The van der Waals surface area contributed by atoms with Crippen molar-refractivity contribution >= 4 is 9.84 Å². The summed E-state index contributed by atoms with van der Waals surface area (Å²) in [5.74, 6) is 0.125. The predicted molar refractivity (Wildman–Crippen MR) is 62.1 cm³/mol. The highest BCUT2D eigenvalue weighted by Gasteiger charge is 2.39. The van der Waals surface area contributed by atoms with Crippen molar-refractivity contribution in [2.75, 3.05) is 0 Å². The molecule has 1 aromatic heterocycles. The zero-order valence-electron chi connectivity index (χ0n) is 9.05. The Hall–Kier alpha value is -1.68. The van der Waals surface area contributed by atoms with Crippen LogP contribution in [0, 0.1) is 0 Å². The van der Waals surface area contributed by atoms with Crippen molar-refractivity contribution in [3.63, 3.8) is 0 Å². The minimum Gasteiger partial charge on any atom is -0.223 e. The average Bonchev–Trinajstić information content (AvgIpc) is 2.66. The van der Waals surface area contributed by atoms with Crippen molar-refractivity contribution in [2.24, 2.45) is 0 Å². The summed E-state index contributed by atoms with van der Waals surface area (Å²) in [4.78, 5) is 0.500. The van der Waals surface area contributed by atoms with Gasteiger partial charge < -0.3 is 0 Å². The molecule has 0 unspecified atom stereocenters. The lowest BCUT2D eigenvalue weighted by Crippen LogP contribution is -2.33. The van der Waals surface area contributed by atoms with Gasteiger partial charge in [0.25, 0.3) is 0 Å². The maximum Gasteiger partial charge on any atom is 0.218 e. The van der Waals surface area contributed by atoms with Crippen molar-refractivity contribution in [1.29, 1.82) is 0 Å². The Morgan fingerprint density at radius 2 is 1.88 bits per heavy atom. The molecule has 2 aliphatic heterocycles. The van der Waals surface area contributed by atoms with Crippen LogP contribution in [0.15, 0.2) is 41.4 Å². The van der Waals surface area contributed by atoms with E-state index in [9.17, 15) is 8.42 Å². The maximum atomic E-state index is 12.2. The minimum atomic E-state index is -3.16. The zero-order chi connectivity index (χ0) is 11.6. The largest absolute Gasteiger partial charge is 0.223 e. The van der Waals surface area contributed by atoms with E-state index in [1.807, 2.05) is 30.5 Å². The molecule has 17 heavy (non-hydrogen) atoms. The van der Waals surface area contributed by atoms with E-state index in [0.29, 0.717) is 4.90 Å². The summed E-state index contributed by atoms with van der Waals surface area (Å²) in [7, 11) is -3.16. The van der Waals surface area contributed by atoms with Crippen LogP contribution in [0.1, 0.15) is 11.1 Å². The summed E-state index contributed by atoms with van der Waals surface area (Å²) in [6.45, 7) is 0.780. The van der Waals surface area contributed by atoms with Gasteiger partial charge in [-0.25, -0.2) is 8.42 Å². The fraction of sp³-hybridized carbons (Fsp3) is 0.154. The Bertz CT molecular complexity index is 763. The average molecular weight is 244 g/mol. The SMILES string of the molecule is O=S1(=O)Cc2ccc[n+]3c2-c2c(cccc21)C3. The first-order valence-corrected chi connectivity index (χ1v) is 7.18. The first kappa shape index (κ1) is 9.36. The molecule has 0 aliphatic carbocycles. The second kappa shape index (κ2) is 2.76. The highest BCUT2D eigenvalue weighted by molar-refractivity contribution is 7.90. The molecule has 0 saturated carbocycles. The summed E-state index contributed by atoms with van der Waals surface area (Å²) in [6, 6.07) is 9.40. The van der Waals surface area contributed by atoms with Gasteiger partial charge in [0.1, 0.15) is 0 Å². The van der Waals surface area contributed by atoms with Crippen molar-refractivity contribution in [3.05, 3.63) is 47.7 Å². The van der Waals surface area contributed by atoms with Crippen LogP contribution in [-0.2, 0) is 22.1 Å². The number of sulfone groups is 1. The van der Waals surface area contributed by atoms with E-state index in [-0.39, 0.29) is 5.75 Å². The smallest absolute Gasteiger partial charge is 0.218 e. The van der Waals surface area contributed by atoms with E-state index in [4.69, 9.17) is 0 Å². The molecule has 3 heterocycles. The monoisotopic (exact) mass is 244 g/mol. The molecule has 0 fully saturated rings. The minimum absolute atomic E-state index is 0.125. The summed E-state index contributed by atoms with van der Waals surface area (Å²) >= 11 is 0. The van der Waals surface area contributed by atoms with E-state index in [2.05, 4.69) is 4.57 Å². The summed E-state index contributed by atoms with van der Waals surface area (Å²) in [5.41, 5.74) is 4.05. The number of benzene rings is 1. The fourth-order valence-electron chi connectivity index (χ4n) is 2.86. The van der Waals surface area contributed by atoms with Gasteiger partial charge in [-0.15, -0.1) is 0 Å². The number of pyridine rings is 1. The van der Waals surface area contributed by atoms with Gasteiger partial charge in [-0.3, -0.25) is 0 Å². The van der Waals surface area contributed by atoms with Gasteiger partial charge in [0, 0.05) is 17.2 Å². The molecular weight excluding hydrogens is 234 g/mol. The molecule has 0 bridgehead atoms. The summed E-state index contributed by atoms with van der Waals surface area (Å²) < 4.78 is 26.5. The van der Waals surface area contributed by atoms with Crippen molar-refractivity contribution in [3.8, 4) is 11.3 Å². The summed E-state index contributed by atoms with van der Waals surface area (Å²) in [5, 5.41) is 0. The molecule has 1 aromatic carbocycles. The first-order chi connectivity index (χ1) is 8.17. The van der Waals surface area contributed by atoms with Crippen LogP contribution in [0.2, 0.25) is 0 Å². The van der Waals surface area contributed by atoms with Gasteiger partial charge in [0.05, 0.1) is 16.2 Å². The van der Waals surface area contributed by atoms with Gasteiger partial charge in [-0.05, 0) is 12.1 Å². The molecule has 2 aromatic rings. The normalized spacial score (nSPS) is 17.9. The quantitative estimate of drug-likeness (QED) is 0.559. The second-order valence-corrected chi connectivity index (χ2v) is 6.52. The van der Waals surface area contributed by atoms with Gasteiger partial charge in [-0.2, -0.15) is 4.57 Å². The van der Waals surface area contributed by atoms with Crippen molar-refractivity contribution in [2.45, 2.75) is 17.2 Å². The Morgan fingerprint density at radius 3 is 2.76 bits per heavy atom. The van der Waals surface area contributed by atoms with Crippen LogP contribution in [0.3, 0.4) is 0 Å². The third-order valence-corrected chi connectivity index (χ3v) is 5.23. The number of aromatic nitrogens is 1. The maximum absolute atomic E-state index is 12.2. The standard InChI is InChI=1S/C13H10NO2S/c15-17(16)8-10-4-2-6-14-7-9-3-1-5-11(17)12(9)13(10)14/h1-6H,7-8H2/q+1. The zero-order valence-corrected chi connectivity index (χ0v) is 9.87. The van der Waals surface area contributed by atoms with E-state index in [1.165, 1.54) is 0 Å². The third kappa shape index (κ3) is 1.06. The Kier molecular flexibility index (Phi) is 1.52. The fourth-order valence-corrected chi connectivity index (χ4v) is 4.48. The molecule has 0 saturated heterocycles. The second-order valence-electron chi connectivity index (χ2n) is 4.56. The number of rotatable bonds is 0. The Balaban J connectivity index is 2.25. The third-order valence-electron chi connectivity index (χ3n) is 3.53. The van der Waals surface area contributed by atoms with Gasteiger partial charge >= 0.3 is 0 Å². The Morgan fingerprint density at radius 1 is 1.06 bits per heavy atom. The van der Waals surface area contributed by atoms with Crippen molar-refractivity contribution < 1.29 is 13.0 Å². The van der Waals surface area contributed by atoms with Crippen LogP contribution < -0.4 is 4.57 Å². The Labute approximate surface area is 99.3 Å². The van der Waals surface area contributed by atoms with Crippen LogP contribution in [0.5, 0.6) is 0 Å². The molecule has 0 N–H and O–H groups in total. The first-order valence-electron chi connectivity index (χ1n) is 5.53. The molecular formula is C13H10NO2S+. The van der Waals surface area contributed by atoms with Crippen LogP contribution >= 0.6 is 0 Å². The highest BCUT2D eigenvalue weighted by atomic mass is 32.2. The molecule has 0 spiro atoms. The van der Waals surface area contributed by atoms with E-state index >= 15 is 0 Å². The van der Waals surface area contributed by atoms with E-state index in [0.717, 1.165) is 28.9 Å². The molecule has 3 nitrogen and oxygen atoms in total. The lowest BCUT2D eigenvalue weighted by atomic mass is 10.0.